The van der Waals surface area contributed by atoms with Gasteiger partial charge in [0, 0.05) is 31.7 Å². The number of rotatable bonds is 4. The molecule has 2 rings (SSSR count). The standard InChI is InChI=1S/C15H29N3O3/c1-10-7-18(8-11(2)21-10)15(3,4)9-17-14(20)13-5-12(19)6-16-13/h10-13,16,19H,5-9H2,1-4H3,(H,17,20). The zero-order chi connectivity index (χ0) is 15.6. The van der Waals surface area contributed by atoms with Crippen molar-refractivity contribution in [3.05, 3.63) is 0 Å². The van der Waals surface area contributed by atoms with Crippen molar-refractivity contribution in [1.29, 1.82) is 0 Å². The molecule has 6 heteroatoms. The average Bonchev–Trinajstić information content (AvgIpc) is 2.82. The van der Waals surface area contributed by atoms with E-state index in [4.69, 9.17) is 4.74 Å². The van der Waals surface area contributed by atoms with Gasteiger partial charge in [0.05, 0.1) is 24.4 Å². The Morgan fingerprint density at radius 3 is 2.52 bits per heavy atom. The third-order valence-corrected chi connectivity index (χ3v) is 4.40. The van der Waals surface area contributed by atoms with Crippen LogP contribution in [0.25, 0.3) is 0 Å². The van der Waals surface area contributed by atoms with Gasteiger partial charge in [-0.2, -0.15) is 0 Å². The van der Waals surface area contributed by atoms with Gasteiger partial charge in [0.1, 0.15) is 0 Å². The summed E-state index contributed by atoms with van der Waals surface area (Å²) in [5, 5.41) is 15.5. The van der Waals surface area contributed by atoms with E-state index in [-0.39, 0.29) is 29.7 Å². The highest BCUT2D eigenvalue weighted by atomic mass is 16.5. The number of carbonyl (C=O) groups is 1. The first-order chi connectivity index (χ1) is 9.78. The fourth-order valence-electron chi connectivity index (χ4n) is 3.13. The number of carbonyl (C=O) groups excluding carboxylic acids is 1. The number of morpholine rings is 1. The normalized spacial score (nSPS) is 34.9. The van der Waals surface area contributed by atoms with Gasteiger partial charge in [0.25, 0.3) is 0 Å². The van der Waals surface area contributed by atoms with Gasteiger partial charge < -0.3 is 20.5 Å². The first-order valence-electron chi connectivity index (χ1n) is 7.87. The lowest BCUT2D eigenvalue weighted by atomic mass is 10.00. The Balaban J connectivity index is 1.84. The summed E-state index contributed by atoms with van der Waals surface area (Å²) in [5.41, 5.74) is -0.112. The Morgan fingerprint density at radius 2 is 2.00 bits per heavy atom. The van der Waals surface area contributed by atoms with Crippen molar-refractivity contribution >= 4 is 5.91 Å². The van der Waals surface area contributed by atoms with Crippen LogP contribution in [0, 0.1) is 0 Å². The minimum absolute atomic E-state index is 0.0195. The third-order valence-electron chi connectivity index (χ3n) is 4.40. The highest BCUT2D eigenvalue weighted by molar-refractivity contribution is 5.82. The number of amides is 1. The van der Waals surface area contributed by atoms with Gasteiger partial charge in [-0.25, -0.2) is 0 Å². The van der Waals surface area contributed by atoms with E-state index in [0.29, 0.717) is 19.5 Å². The molecule has 4 atom stereocenters. The van der Waals surface area contributed by atoms with Gasteiger partial charge >= 0.3 is 0 Å². The number of hydrogen-bond acceptors (Lipinski definition) is 5. The van der Waals surface area contributed by atoms with Crippen molar-refractivity contribution in [2.45, 2.75) is 64.0 Å². The summed E-state index contributed by atoms with van der Waals surface area (Å²) in [4.78, 5) is 14.5. The Kier molecular flexibility index (Phi) is 5.24. The number of β-amino-alcohol motifs (C(OH)–C–C–N with tert-alkyl or cyclic N) is 1. The Bertz CT molecular complexity index is 365. The molecule has 0 aromatic rings. The minimum Gasteiger partial charge on any atom is -0.392 e. The second kappa shape index (κ2) is 6.60. The summed E-state index contributed by atoms with van der Waals surface area (Å²) >= 11 is 0. The van der Waals surface area contributed by atoms with E-state index >= 15 is 0 Å². The van der Waals surface area contributed by atoms with Crippen molar-refractivity contribution in [3.63, 3.8) is 0 Å². The summed E-state index contributed by atoms with van der Waals surface area (Å²) in [6, 6.07) is -0.265. The largest absolute Gasteiger partial charge is 0.392 e. The topological polar surface area (TPSA) is 73.8 Å². The number of nitrogens with zero attached hydrogens (tertiary/aromatic N) is 1. The molecule has 2 saturated heterocycles. The summed E-state index contributed by atoms with van der Waals surface area (Å²) in [7, 11) is 0. The Morgan fingerprint density at radius 1 is 1.38 bits per heavy atom. The first-order valence-corrected chi connectivity index (χ1v) is 7.87. The fraction of sp³-hybridized carbons (Fsp3) is 0.933. The number of hydrogen-bond donors (Lipinski definition) is 3. The van der Waals surface area contributed by atoms with Crippen LogP contribution in [0.3, 0.4) is 0 Å². The van der Waals surface area contributed by atoms with Crippen molar-refractivity contribution in [2.24, 2.45) is 0 Å². The zero-order valence-corrected chi connectivity index (χ0v) is 13.6. The molecule has 4 unspecified atom stereocenters. The molecule has 0 aliphatic carbocycles. The molecule has 0 aromatic carbocycles. The highest BCUT2D eigenvalue weighted by Gasteiger charge is 2.34. The number of ether oxygens (including phenoxy) is 1. The number of nitrogens with one attached hydrogen (secondary N) is 2. The molecule has 0 aromatic heterocycles. The summed E-state index contributed by atoms with van der Waals surface area (Å²) in [6.45, 7) is 11.3. The second-order valence-corrected chi connectivity index (χ2v) is 7.04. The van der Waals surface area contributed by atoms with Crippen LogP contribution >= 0.6 is 0 Å². The van der Waals surface area contributed by atoms with Gasteiger partial charge in [-0.15, -0.1) is 0 Å². The molecule has 0 spiro atoms. The first kappa shape index (κ1) is 16.7. The molecule has 1 amide bonds. The predicted molar refractivity (Wildman–Crippen MR) is 81.1 cm³/mol. The fourth-order valence-corrected chi connectivity index (χ4v) is 3.13. The molecule has 3 N–H and O–H groups in total. The van der Waals surface area contributed by atoms with Gasteiger partial charge in [-0.1, -0.05) is 0 Å². The van der Waals surface area contributed by atoms with E-state index in [1.165, 1.54) is 0 Å². The number of aliphatic hydroxyl groups is 1. The Labute approximate surface area is 127 Å². The minimum atomic E-state index is -0.408. The van der Waals surface area contributed by atoms with Crippen LogP contribution < -0.4 is 10.6 Å². The van der Waals surface area contributed by atoms with E-state index < -0.39 is 6.10 Å². The predicted octanol–water partition coefficient (Wildman–Crippen LogP) is -0.287. The smallest absolute Gasteiger partial charge is 0.237 e. The van der Waals surface area contributed by atoms with E-state index in [9.17, 15) is 9.90 Å². The molecule has 122 valence electrons. The summed E-state index contributed by atoms with van der Waals surface area (Å²) in [6.07, 6.45) is 0.526. The van der Waals surface area contributed by atoms with E-state index in [1.54, 1.807) is 0 Å². The van der Waals surface area contributed by atoms with Crippen LogP contribution in [0.1, 0.15) is 34.1 Å². The monoisotopic (exact) mass is 299 g/mol. The quantitative estimate of drug-likeness (QED) is 0.665. The molecule has 2 aliphatic heterocycles. The maximum absolute atomic E-state index is 12.1. The zero-order valence-electron chi connectivity index (χ0n) is 13.6. The SMILES string of the molecule is CC1CN(C(C)(C)CNC(=O)C2CC(O)CN2)CC(C)O1. The number of aliphatic hydroxyl groups excluding tert-OH is 1. The molecule has 21 heavy (non-hydrogen) atoms. The maximum Gasteiger partial charge on any atom is 0.237 e. The van der Waals surface area contributed by atoms with Gasteiger partial charge in [0.2, 0.25) is 5.91 Å². The van der Waals surface area contributed by atoms with Crippen LogP contribution in [0.15, 0.2) is 0 Å². The highest BCUT2D eigenvalue weighted by Crippen LogP contribution is 2.20. The molecule has 0 saturated carbocycles. The van der Waals surface area contributed by atoms with Crippen LogP contribution in [-0.2, 0) is 9.53 Å². The maximum atomic E-state index is 12.1. The van der Waals surface area contributed by atoms with Crippen molar-refractivity contribution < 1.29 is 14.6 Å². The summed E-state index contributed by atoms with van der Waals surface area (Å²) in [5.74, 6) is -0.0195. The molecule has 0 bridgehead atoms. The molecule has 0 radical (unpaired) electrons. The van der Waals surface area contributed by atoms with Crippen LogP contribution in [0.5, 0.6) is 0 Å². The third kappa shape index (κ3) is 4.39. The van der Waals surface area contributed by atoms with E-state index in [1.807, 2.05) is 0 Å². The van der Waals surface area contributed by atoms with Crippen LogP contribution in [0.4, 0.5) is 0 Å². The van der Waals surface area contributed by atoms with Crippen molar-refractivity contribution in [1.82, 2.24) is 15.5 Å². The summed E-state index contributed by atoms with van der Waals surface area (Å²) < 4.78 is 5.76. The molecule has 2 heterocycles. The average molecular weight is 299 g/mol. The van der Waals surface area contributed by atoms with Gasteiger partial charge in [-0.05, 0) is 34.1 Å². The second-order valence-electron chi connectivity index (χ2n) is 7.04. The molecule has 6 nitrogen and oxygen atoms in total. The molecular formula is C15H29N3O3. The van der Waals surface area contributed by atoms with Crippen molar-refractivity contribution in [2.75, 3.05) is 26.2 Å². The van der Waals surface area contributed by atoms with Crippen LogP contribution in [-0.4, -0.2) is 72.0 Å². The van der Waals surface area contributed by atoms with Gasteiger partial charge in [0.15, 0.2) is 0 Å². The van der Waals surface area contributed by atoms with E-state index in [0.717, 1.165) is 13.1 Å². The molecular weight excluding hydrogens is 270 g/mol. The lowest BCUT2D eigenvalue weighted by molar-refractivity contribution is -0.124. The lowest BCUT2D eigenvalue weighted by Crippen LogP contribution is -2.59. The molecule has 2 fully saturated rings. The Hall–Kier alpha value is -0.690. The van der Waals surface area contributed by atoms with Gasteiger partial charge in [-0.3, -0.25) is 9.69 Å². The van der Waals surface area contributed by atoms with Crippen molar-refractivity contribution in [3.8, 4) is 0 Å². The molecule has 2 aliphatic rings. The van der Waals surface area contributed by atoms with Crippen LogP contribution in [0.2, 0.25) is 0 Å². The lowest BCUT2D eigenvalue weighted by Gasteiger charge is -2.45. The van der Waals surface area contributed by atoms with E-state index in [2.05, 4.69) is 43.2 Å².